The van der Waals surface area contributed by atoms with Crippen molar-refractivity contribution in [2.24, 2.45) is 0 Å². The highest BCUT2D eigenvalue weighted by Gasteiger charge is 2.29. The third-order valence-corrected chi connectivity index (χ3v) is 3.13. The Labute approximate surface area is 97.0 Å². The first-order valence-corrected chi connectivity index (χ1v) is 6.22. The van der Waals surface area contributed by atoms with Crippen LogP contribution in [0.3, 0.4) is 0 Å². The third kappa shape index (κ3) is 2.28. The fourth-order valence-corrected chi connectivity index (χ4v) is 2.34. The molecule has 0 bridgehead atoms. The highest BCUT2D eigenvalue weighted by atomic mass is 16.5. The van der Waals surface area contributed by atoms with Gasteiger partial charge in [-0.3, -0.25) is 0 Å². The van der Waals surface area contributed by atoms with Gasteiger partial charge in [-0.05, 0) is 26.3 Å². The van der Waals surface area contributed by atoms with Crippen LogP contribution < -0.4 is 5.32 Å². The molecule has 2 rings (SSSR count). The zero-order valence-electron chi connectivity index (χ0n) is 10.1. The van der Waals surface area contributed by atoms with Crippen LogP contribution in [0.4, 0.5) is 0 Å². The van der Waals surface area contributed by atoms with Gasteiger partial charge < -0.3 is 14.6 Å². The third-order valence-electron chi connectivity index (χ3n) is 3.13. The van der Waals surface area contributed by atoms with Crippen LogP contribution in [-0.4, -0.2) is 28.8 Å². The molecule has 4 heteroatoms. The van der Waals surface area contributed by atoms with E-state index in [9.17, 15) is 0 Å². The quantitative estimate of drug-likeness (QED) is 0.826. The Kier molecular flexibility index (Phi) is 3.96. The monoisotopic (exact) mass is 223 g/mol. The molecule has 1 fully saturated rings. The van der Waals surface area contributed by atoms with Crippen LogP contribution in [-0.2, 0) is 11.3 Å². The van der Waals surface area contributed by atoms with E-state index in [0.29, 0.717) is 0 Å². The van der Waals surface area contributed by atoms with E-state index in [2.05, 4.69) is 28.7 Å². The summed E-state index contributed by atoms with van der Waals surface area (Å²) < 4.78 is 7.96. The van der Waals surface area contributed by atoms with Crippen LogP contribution in [0, 0.1) is 0 Å². The van der Waals surface area contributed by atoms with Gasteiger partial charge in [-0.25, -0.2) is 4.98 Å². The number of aromatic nitrogens is 2. The van der Waals surface area contributed by atoms with Crippen LogP contribution in [0.1, 0.15) is 38.6 Å². The zero-order chi connectivity index (χ0) is 11.4. The smallest absolute Gasteiger partial charge is 0.128 e. The standard InChI is InChI=1S/C12H21N3O/c1-3-13-11(10-6-5-9-16-10)12-14-7-8-15(12)4-2/h7-8,10-11,13H,3-6,9H2,1-2H3. The van der Waals surface area contributed by atoms with Crippen molar-refractivity contribution in [2.75, 3.05) is 13.2 Å². The summed E-state index contributed by atoms with van der Waals surface area (Å²) in [6.07, 6.45) is 6.49. The number of imidazole rings is 1. The second-order valence-electron chi connectivity index (χ2n) is 4.16. The predicted molar refractivity (Wildman–Crippen MR) is 63.3 cm³/mol. The molecule has 1 aromatic heterocycles. The van der Waals surface area contributed by atoms with Crippen LogP contribution in [0.2, 0.25) is 0 Å². The van der Waals surface area contributed by atoms with Gasteiger partial charge in [-0.15, -0.1) is 0 Å². The summed E-state index contributed by atoms with van der Waals surface area (Å²) in [7, 11) is 0. The number of nitrogens with zero attached hydrogens (tertiary/aromatic N) is 2. The average Bonchev–Trinajstić information content (AvgIpc) is 2.96. The van der Waals surface area contributed by atoms with Gasteiger partial charge in [-0.1, -0.05) is 6.92 Å². The van der Waals surface area contributed by atoms with Gasteiger partial charge in [0.25, 0.3) is 0 Å². The van der Waals surface area contributed by atoms with Gasteiger partial charge in [0.05, 0.1) is 12.1 Å². The molecule has 90 valence electrons. The minimum atomic E-state index is 0.238. The Morgan fingerprint density at radius 3 is 3.12 bits per heavy atom. The van der Waals surface area contributed by atoms with Gasteiger partial charge >= 0.3 is 0 Å². The van der Waals surface area contributed by atoms with Crippen molar-refractivity contribution in [1.29, 1.82) is 0 Å². The van der Waals surface area contributed by atoms with Crippen molar-refractivity contribution in [3.8, 4) is 0 Å². The Bertz CT molecular complexity index is 318. The lowest BCUT2D eigenvalue weighted by Crippen LogP contribution is -2.33. The maximum Gasteiger partial charge on any atom is 0.128 e. The molecule has 2 unspecified atom stereocenters. The molecular weight excluding hydrogens is 202 g/mol. The first-order chi connectivity index (χ1) is 7.86. The number of hydrogen-bond donors (Lipinski definition) is 1. The topological polar surface area (TPSA) is 39.1 Å². The fourth-order valence-electron chi connectivity index (χ4n) is 2.34. The fraction of sp³-hybridized carbons (Fsp3) is 0.750. The van der Waals surface area contributed by atoms with E-state index in [1.807, 2.05) is 12.4 Å². The number of nitrogens with one attached hydrogen (secondary N) is 1. The van der Waals surface area contributed by atoms with Crippen LogP contribution in [0.25, 0.3) is 0 Å². The zero-order valence-corrected chi connectivity index (χ0v) is 10.1. The lowest BCUT2D eigenvalue weighted by atomic mass is 10.1. The summed E-state index contributed by atoms with van der Waals surface area (Å²) in [5, 5.41) is 3.49. The molecule has 0 saturated carbocycles. The van der Waals surface area contributed by atoms with Crippen molar-refractivity contribution >= 4 is 0 Å². The number of rotatable bonds is 5. The van der Waals surface area contributed by atoms with Crippen LogP contribution >= 0.6 is 0 Å². The molecule has 0 spiro atoms. The summed E-state index contributed by atoms with van der Waals surface area (Å²) in [6.45, 7) is 7.06. The van der Waals surface area contributed by atoms with E-state index in [-0.39, 0.29) is 12.1 Å². The van der Waals surface area contributed by atoms with Gasteiger partial charge in [0.1, 0.15) is 5.82 Å². The maximum absolute atomic E-state index is 5.78. The second kappa shape index (κ2) is 5.46. The average molecular weight is 223 g/mol. The summed E-state index contributed by atoms with van der Waals surface area (Å²) in [5.41, 5.74) is 0. The molecular formula is C12H21N3O. The molecule has 1 aliphatic heterocycles. The molecule has 16 heavy (non-hydrogen) atoms. The van der Waals surface area contributed by atoms with Crippen LogP contribution in [0.15, 0.2) is 12.4 Å². The molecule has 2 atom stereocenters. The van der Waals surface area contributed by atoms with Crippen LogP contribution in [0.5, 0.6) is 0 Å². The molecule has 0 aromatic carbocycles. The largest absolute Gasteiger partial charge is 0.376 e. The minimum Gasteiger partial charge on any atom is -0.376 e. The lowest BCUT2D eigenvalue weighted by Gasteiger charge is -2.23. The summed E-state index contributed by atoms with van der Waals surface area (Å²) in [4.78, 5) is 4.47. The van der Waals surface area contributed by atoms with E-state index >= 15 is 0 Å². The molecule has 0 radical (unpaired) electrons. The number of likely N-dealkylation sites (N-methyl/N-ethyl adjacent to an activating group) is 1. The highest BCUT2D eigenvalue weighted by Crippen LogP contribution is 2.25. The Morgan fingerprint density at radius 2 is 2.50 bits per heavy atom. The Balaban J connectivity index is 2.17. The van der Waals surface area contributed by atoms with E-state index in [1.165, 1.54) is 6.42 Å². The normalized spacial score (nSPS) is 22.5. The number of ether oxygens (including phenoxy) is 1. The van der Waals surface area contributed by atoms with E-state index < -0.39 is 0 Å². The minimum absolute atomic E-state index is 0.238. The summed E-state index contributed by atoms with van der Waals surface area (Å²) in [5.74, 6) is 1.11. The first kappa shape index (κ1) is 11.6. The van der Waals surface area contributed by atoms with E-state index in [4.69, 9.17) is 4.74 Å². The Morgan fingerprint density at radius 1 is 1.62 bits per heavy atom. The molecule has 1 saturated heterocycles. The number of aryl methyl sites for hydroxylation is 1. The van der Waals surface area contributed by atoms with E-state index in [1.54, 1.807) is 0 Å². The van der Waals surface area contributed by atoms with Gasteiger partial charge in [-0.2, -0.15) is 0 Å². The molecule has 1 N–H and O–H groups in total. The molecule has 0 aliphatic carbocycles. The lowest BCUT2D eigenvalue weighted by molar-refractivity contribution is 0.0750. The molecule has 1 aromatic rings. The summed E-state index contributed by atoms with van der Waals surface area (Å²) in [6, 6.07) is 0.238. The van der Waals surface area contributed by atoms with Crippen molar-refractivity contribution < 1.29 is 4.74 Å². The van der Waals surface area contributed by atoms with Crippen molar-refractivity contribution in [3.63, 3.8) is 0 Å². The van der Waals surface area contributed by atoms with Crippen molar-refractivity contribution in [3.05, 3.63) is 18.2 Å². The molecule has 4 nitrogen and oxygen atoms in total. The highest BCUT2D eigenvalue weighted by molar-refractivity contribution is 5.03. The molecule has 2 heterocycles. The van der Waals surface area contributed by atoms with Gasteiger partial charge in [0, 0.05) is 25.5 Å². The van der Waals surface area contributed by atoms with E-state index in [0.717, 1.165) is 31.9 Å². The van der Waals surface area contributed by atoms with Crippen molar-refractivity contribution in [1.82, 2.24) is 14.9 Å². The van der Waals surface area contributed by atoms with Crippen molar-refractivity contribution in [2.45, 2.75) is 45.4 Å². The second-order valence-corrected chi connectivity index (χ2v) is 4.16. The van der Waals surface area contributed by atoms with Gasteiger partial charge in [0.15, 0.2) is 0 Å². The summed E-state index contributed by atoms with van der Waals surface area (Å²) >= 11 is 0. The maximum atomic E-state index is 5.78. The van der Waals surface area contributed by atoms with Gasteiger partial charge in [0.2, 0.25) is 0 Å². The molecule has 0 amide bonds. The molecule has 1 aliphatic rings. The predicted octanol–water partition coefficient (Wildman–Crippen LogP) is 1.73. The SMILES string of the molecule is CCNC(c1nccn1CC)C1CCCO1. The number of hydrogen-bond acceptors (Lipinski definition) is 3. The Hall–Kier alpha value is -0.870. The first-order valence-electron chi connectivity index (χ1n) is 6.22.